The fourth-order valence-electron chi connectivity index (χ4n) is 1.87. The topological polar surface area (TPSA) is 18.5 Å². The zero-order valence-corrected chi connectivity index (χ0v) is 11.3. The molecule has 0 atom stereocenters. The van der Waals surface area contributed by atoms with Gasteiger partial charge in [0.1, 0.15) is 11.5 Å². The zero-order chi connectivity index (χ0) is 13.5. The summed E-state index contributed by atoms with van der Waals surface area (Å²) in [6.45, 7) is 0. The summed E-state index contributed by atoms with van der Waals surface area (Å²) in [6.07, 6.45) is 5.14. The predicted octanol–water partition coefficient (Wildman–Crippen LogP) is 3.96. The van der Waals surface area contributed by atoms with Crippen molar-refractivity contribution in [3.8, 4) is 11.5 Å². The van der Waals surface area contributed by atoms with E-state index in [0.29, 0.717) is 0 Å². The molecule has 0 N–H and O–H groups in total. The molecule has 0 spiro atoms. The van der Waals surface area contributed by atoms with Crippen LogP contribution in [0.25, 0.3) is 6.08 Å². The molecule has 0 aromatic heterocycles. The third kappa shape index (κ3) is 3.88. The maximum atomic E-state index is 5.25. The Hall–Kier alpha value is -2.22. The molecule has 0 radical (unpaired) electrons. The fourth-order valence-corrected chi connectivity index (χ4v) is 1.87. The average molecular weight is 254 g/mol. The summed E-state index contributed by atoms with van der Waals surface area (Å²) < 4.78 is 10.5. The summed E-state index contributed by atoms with van der Waals surface area (Å²) in [7, 11) is 3.32. The number of hydrogen-bond donors (Lipinski definition) is 0. The first-order valence-electron chi connectivity index (χ1n) is 6.25. The summed E-state index contributed by atoms with van der Waals surface area (Å²) in [6, 6.07) is 16.2. The van der Waals surface area contributed by atoms with Crippen molar-refractivity contribution in [2.75, 3.05) is 14.2 Å². The molecule has 0 aliphatic carbocycles. The fraction of sp³-hybridized carbons (Fsp3) is 0.176. The molecule has 2 aromatic carbocycles. The van der Waals surface area contributed by atoms with Gasteiger partial charge in [0, 0.05) is 6.07 Å². The summed E-state index contributed by atoms with van der Waals surface area (Å²) >= 11 is 0. The minimum Gasteiger partial charge on any atom is -0.497 e. The van der Waals surface area contributed by atoms with Crippen molar-refractivity contribution in [1.82, 2.24) is 0 Å². The van der Waals surface area contributed by atoms with Crippen LogP contribution in [0.4, 0.5) is 0 Å². The number of methoxy groups -OCH3 is 2. The van der Waals surface area contributed by atoms with Crippen LogP contribution in [-0.4, -0.2) is 14.2 Å². The first kappa shape index (κ1) is 13.2. The standard InChI is InChI=1S/C17H18O2/c1-18-16-11-15(12-17(13-16)19-2)10-6-9-14-7-4-3-5-8-14/h3-8,10-13H,9H2,1-2H3/b10-6+. The van der Waals surface area contributed by atoms with Gasteiger partial charge in [0.2, 0.25) is 0 Å². The Morgan fingerprint density at radius 2 is 1.53 bits per heavy atom. The van der Waals surface area contributed by atoms with Gasteiger partial charge in [-0.1, -0.05) is 42.5 Å². The third-order valence-electron chi connectivity index (χ3n) is 2.88. The molecule has 19 heavy (non-hydrogen) atoms. The number of benzene rings is 2. The highest BCUT2D eigenvalue weighted by Crippen LogP contribution is 2.23. The van der Waals surface area contributed by atoms with Gasteiger partial charge in [0.05, 0.1) is 14.2 Å². The molecule has 0 fully saturated rings. The van der Waals surface area contributed by atoms with Gasteiger partial charge in [-0.3, -0.25) is 0 Å². The van der Waals surface area contributed by atoms with Crippen LogP contribution in [0.5, 0.6) is 11.5 Å². The summed E-state index contributed by atoms with van der Waals surface area (Å²) in [4.78, 5) is 0. The Labute approximate surface area is 114 Å². The highest BCUT2D eigenvalue weighted by Gasteiger charge is 1.99. The van der Waals surface area contributed by atoms with Gasteiger partial charge in [-0.15, -0.1) is 0 Å². The predicted molar refractivity (Wildman–Crippen MR) is 78.7 cm³/mol. The quantitative estimate of drug-likeness (QED) is 0.804. The number of ether oxygens (including phenoxy) is 2. The van der Waals surface area contributed by atoms with Crippen LogP contribution in [0.3, 0.4) is 0 Å². The van der Waals surface area contributed by atoms with E-state index in [1.165, 1.54) is 5.56 Å². The van der Waals surface area contributed by atoms with E-state index in [2.05, 4.69) is 36.4 Å². The van der Waals surface area contributed by atoms with Crippen molar-refractivity contribution in [3.05, 3.63) is 65.7 Å². The first-order valence-corrected chi connectivity index (χ1v) is 6.25. The van der Waals surface area contributed by atoms with Crippen LogP contribution >= 0.6 is 0 Å². The molecule has 98 valence electrons. The molecule has 0 amide bonds. The van der Waals surface area contributed by atoms with Gasteiger partial charge < -0.3 is 9.47 Å². The molecule has 0 aliphatic heterocycles. The van der Waals surface area contributed by atoms with E-state index in [1.54, 1.807) is 14.2 Å². The lowest BCUT2D eigenvalue weighted by atomic mass is 10.1. The molecular weight excluding hydrogens is 236 g/mol. The number of rotatable bonds is 5. The molecule has 0 heterocycles. The lowest BCUT2D eigenvalue weighted by Crippen LogP contribution is -1.88. The zero-order valence-electron chi connectivity index (χ0n) is 11.3. The minimum absolute atomic E-state index is 0.804. The van der Waals surface area contributed by atoms with Gasteiger partial charge >= 0.3 is 0 Å². The number of allylic oxidation sites excluding steroid dienone is 1. The Kier molecular flexibility index (Phi) is 4.62. The van der Waals surface area contributed by atoms with Crippen LogP contribution < -0.4 is 9.47 Å². The largest absolute Gasteiger partial charge is 0.497 e. The summed E-state index contributed by atoms with van der Waals surface area (Å²) in [5.41, 5.74) is 2.38. The molecule has 2 nitrogen and oxygen atoms in total. The Morgan fingerprint density at radius 1 is 0.895 bits per heavy atom. The third-order valence-corrected chi connectivity index (χ3v) is 2.88. The Balaban J connectivity index is 2.10. The molecule has 2 aromatic rings. The summed E-state index contributed by atoms with van der Waals surface area (Å²) in [5, 5.41) is 0. The van der Waals surface area contributed by atoms with Gasteiger partial charge in [-0.25, -0.2) is 0 Å². The molecule has 0 aliphatic rings. The first-order chi connectivity index (χ1) is 9.31. The minimum atomic E-state index is 0.804. The smallest absolute Gasteiger partial charge is 0.123 e. The van der Waals surface area contributed by atoms with Crippen molar-refractivity contribution in [1.29, 1.82) is 0 Å². The van der Waals surface area contributed by atoms with E-state index in [-0.39, 0.29) is 0 Å². The maximum Gasteiger partial charge on any atom is 0.123 e. The molecule has 0 saturated carbocycles. The van der Waals surface area contributed by atoms with Crippen molar-refractivity contribution in [2.24, 2.45) is 0 Å². The molecule has 0 saturated heterocycles. The second-order valence-corrected chi connectivity index (χ2v) is 4.24. The van der Waals surface area contributed by atoms with Crippen LogP contribution in [0, 0.1) is 0 Å². The van der Waals surface area contributed by atoms with Gasteiger partial charge in [0.15, 0.2) is 0 Å². The van der Waals surface area contributed by atoms with E-state index in [1.807, 2.05) is 24.3 Å². The maximum absolute atomic E-state index is 5.25. The van der Waals surface area contributed by atoms with E-state index >= 15 is 0 Å². The van der Waals surface area contributed by atoms with Crippen LogP contribution in [0.1, 0.15) is 11.1 Å². The molecule has 0 bridgehead atoms. The highest BCUT2D eigenvalue weighted by atomic mass is 16.5. The van der Waals surface area contributed by atoms with Crippen molar-refractivity contribution in [2.45, 2.75) is 6.42 Å². The normalized spacial score (nSPS) is 10.6. The van der Waals surface area contributed by atoms with Gasteiger partial charge in [-0.05, 0) is 29.7 Å². The van der Waals surface area contributed by atoms with Gasteiger partial charge in [0.25, 0.3) is 0 Å². The van der Waals surface area contributed by atoms with Crippen LogP contribution in [0.15, 0.2) is 54.6 Å². The lowest BCUT2D eigenvalue weighted by molar-refractivity contribution is 0.394. The van der Waals surface area contributed by atoms with Gasteiger partial charge in [-0.2, -0.15) is 0 Å². The van der Waals surface area contributed by atoms with Crippen molar-refractivity contribution >= 4 is 6.08 Å². The molecule has 2 rings (SSSR count). The number of hydrogen-bond acceptors (Lipinski definition) is 2. The Morgan fingerprint density at radius 3 is 2.11 bits per heavy atom. The summed E-state index contributed by atoms with van der Waals surface area (Å²) in [5.74, 6) is 1.61. The molecule has 2 heteroatoms. The van der Waals surface area contributed by atoms with Crippen molar-refractivity contribution in [3.63, 3.8) is 0 Å². The highest BCUT2D eigenvalue weighted by molar-refractivity contribution is 5.55. The lowest BCUT2D eigenvalue weighted by Gasteiger charge is -2.05. The van der Waals surface area contributed by atoms with E-state index in [4.69, 9.17) is 9.47 Å². The Bertz CT molecular complexity index is 522. The van der Waals surface area contributed by atoms with Crippen LogP contribution in [-0.2, 0) is 6.42 Å². The second kappa shape index (κ2) is 6.64. The monoisotopic (exact) mass is 254 g/mol. The van der Waals surface area contributed by atoms with E-state index in [9.17, 15) is 0 Å². The SMILES string of the molecule is COc1cc(/C=C/Cc2ccccc2)cc(OC)c1. The van der Waals surface area contributed by atoms with Crippen molar-refractivity contribution < 1.29 is 9.47 Å². The molecular formula is C17H18O2. The average Bonchev–Trinajstić information content (AvgIpc) is 2.48. The molecule has 0 unspecified atom stereocenters. The van der Waals surface area contributed by atoms with Crippen LogP contribution in [0.2, 0.25) is 0 Å². The van der Waals surface area contributed by atoms with E-state index in [0.717, 1.165) is 23.5 Å². The van der Waals surface area contributed by atoms with E-state index < -0.39 is 0 Å². The second-order valence-electron chi connectivity index (χ2n) is 4.24.